The lowest BCUT2D eigenvalue weighted by Gasteiger charge is -2.09. The number of halogens is 1. The standard InChI is InChI=1S/C19H13BrN2O3S/c20-13-1-3-14(4-2-13)22-8-7-21-19(22)26-11-12-9-18(24)25-17-10-15(23)5-6-16(12)17/h1-10,23H,11H2. The van der Waals surface area contributed by atoms with Crippen molar-refractivity contribution >= 4 is 38.7 Å². The molecule has 0 amide bonds. The van der Waals surface area contributed by atoms with Crippen LogP contribution in [0, 0.1) is 0 Å². The molecule has 2 aromatic carbocycles. The minimum absolute atomic E-state index is 0.0660. The quantitative estimate of drug-likeness (QED) is 0.375. The SMILES string of the molecule is O=c1cc(CSc2nccn2-c2ccc(Br)cc2)c2ccc(O)cc2o1. The molecule has 4 rings (SSSR count). The summed E-state index contributed by atoms with van der Waals surface area (Å²) in [5, 5.41) is 11.2. The third-order valence-corrected chi connectivity index (χ3v) is 5.43. The molecule has 0 unspecified atom stereocenters. The van der Waals surface area contributed by atoms with E-state index in [-0.39, 0.29) is 5.75 Å². The number of aromatic nitrogens is 2. The van der Waals surface area contributed by atoms with E-state index < -0.39 is 5.63 Å². The fourth-order valence-corrected chi connectivity index (χ4v) is 3.90. The van der Waals surface area contributed by atoms with Gasteiger partial charge >= 0.3 is 5.63 Å². The summed E-state index contributed by atoms with van der Waals surface area (Å²) in [6.07, 6.45) is 3.65. The van der Waals surface area contributed by atoms with E-state index in [1.807, 2.05) is 35.0 Å². The van der Waals surface area contributed by atoms with E-state index in [0.29, 0.717) is 11.3 Å². The van der Waals surface area contributed by atoms with Gasteiger partial charge in [-0.3, -0.25) is 4.57 Å². The zero-order valence-corrected chi connectivity index (χ0v) is 15.8. The molecule has 2 aromatic heterocycles. The van der Waals surface area contributed by atoms with E-state index in [4.69, 9.17) is 4.42 Å². The summed E-state index contributed by atoms with van der Waals surface area (Å²) in [5.41, 5.74) is 1.79. The van der Waals surface area contributed by atoms with Gasteiger partial charge in [0.15, 0.2) is 5.16 Å². The molecule has 0 saturated heterocycles. The number of imidazole rings is 1. The van der Waals surface area contributed by atoms with Crippen LogP contribution >= 0.6 is 27.7 Å². The second kappa shape index (κ2) is 7.01. The molecule has 0 aliphatic carbocycles. The van der Waals surface area contributed by atoms with Crippen LogP contribution in [0.15, 0.2) is 79.8 Å². The Morgan fingerprint density at radius 2 is 1.96 bits per heavy atom. The van der Waals surface area contributed by atoms with Gasteiger partial charge in [0.05, 0.1) is 0 Å². The average Bonchev–Trinajstić information content (AvgIpc) is 3.08. The predicted molar refractivity (Wildman–Crippen MR) is 105 cm³/mol. The number of hydrogen-bond acceptors (Lipinski definition) is 5. The van der Waals surface area contributed by atoms with Crippen molar-refractivity contribution in [1.82, 2.24) is 9.55 Å². The molecular weight excluding hydrogens is 416 g/mol. The molecule has 0 aliphatic rings. The van der Waals surface area contributed by atoms with E-state index in [2.05, 4.69) is 20.9 Å². The highest BCUT2D eigenvalue weighted by molar-refractivity contribution is 9.10. The molecule has 0 atom stereocenters. The van der Waals surface area contributed by atoms with Crippen molar-refractivity contribution in [2.45, 2.75) is 10.9 Å². The molecule has 0 spiro atoms. The van der Waals surface area contributed by atoms with Crippen molar-refractivity contribution in [2.75, 3.05) is 0 Å². The Morgan fingerprint density at radius 3 is 2.77 bits per heavy atom. The molecular formula is C19H13BrN2O3S. The second-order valence-corrected chi connectivity index (χ2v) is 7.47. The summed E-state index contributed by atoms with van der Waals surface area (Å²) in [6.45, 7) is 0. The van der Waals surface area contributed by atoms with Gasteiger partial charge in [0.25, 0.3) is 0 Å². The first-order valence-electron chi connectivity index (χ1n) is 7.78. The van der Waals surface area contributed by atoms with Crippen LogP contribution in [0.1, 0.15) is 5.56 Å². The summed E-state index contributed by atoms with van der Waals surface area (Å²) in [5.74, 6) is 0.622. The van der Waals surface area contributed by atoms with Gasteiger partial charge in [-0.15, -0.1) is 0 Å². The maximum Gasteiger partial charge on any atom is 0.336 e. The number of aromatic hydroxyl groups is 1. The number of hydrogen-bond donors (Lipinski definition) is 1. The number of thioether (sulfide) groups is 1. The van der Waals surface area contributed by atoms with E-state index in [1.165, 1.54) is 23.9 Å². The molecule has 1 N–H and O–H groups in total. The van der Waals surface area contributed by atoms with Crippen molar-refractivity contribution < 1.29 is 9.52 Å². The van der Waals surface area contributed by atoms with Crippen LogP contribution in [-0.4, -0.2) is 14.7 Å². The largest absolute Gasteiger partial charge is 0.508 e. The van der Waals surface area contributed by atoms with E-state index >= 15 is 0 Å². The first-order chi connectivity index (χ1) is 12.6. The van der Waals surface area contributed by atoms with Crippen LogP contribution in [0.2, 0.25) is 0 Å². The molecule has 5 nitrogen and oxygen atoms in total. The van der Waals surface area contributed by atoms with Crippen LogP contribution in [0.3, 0.4) is 0 Å². The molecule has 0 aliphatic heterocycles. The lowest BCUT2D eigenvalue weighted by atomic mass is 10.1. The highest BCUT2D eigenvalue weighted by Gasteiger charge is 2.10. The smallest absolute Gasteiger partial charge is 0.336 e. The zero-order valence-electron chi connectivity index (χ0n) is 13.4. The topological polar surface area (TPSA) is 68.3 Å². The van der Waals surface area contributed by atoms with Crippen molar-refractivity contribution in [3.8, 4) is 11.4 Å². The van der Waals surface area contributed by atoms with Gasteiger partial charge in [-0.25, -0.2) is 9.78 Å². The molecule has 4 aromatic rings. The molecule has 0 saturated carbocycles. The highest BCUT2D eigenvalue weighted by atomic mass is 79.9. The second-order valence-electron chi connectivity index (χ2n) is 5.62. The normalized spacial score (nSPS) is 11.1. The number of benzene rings is 2. The summed E-state index contributed by atoms with van der Waals surface area (Å²) in [4.78, 5) is 16.2. The highest BCUT2D eigenvalue weighted by Crippen LogP contribution is 2.28. The number of fused-ring (bicyclic) bond motifs is 1. The first-order valence-corrected chi connectivity index (χ1v) is 9.56. The number of phenolic OH excluding ortho intramolecular Hbond substituents is 1. The first kappa shape index (κ1) is 16.9. The minimum Gasteiger partial charge on any atom is -0.508 e. The predicted octanol–water partition coefficient (Wildman–Crippen LogP) is 4.74. The third-order valence-electron chi connectivity index (χ3n) is 3.88. The lowest BCUT2D eigenvalue weighted by molar-refractivity contribution is 0.473. The maximum atomic E-state index is 11.8. The fourth-order valence-electron chi connectivity index (χ4n) is 2.68. The maximum absolute atomic E-state index is 11.8. The summed E-state index contributed by atoms with van der Waals surface area (Å²) in [6, 6.07) is 14.2. The number of nitrogens with zero attached hydrogens (tertiary/aromatic N) is 2. The van der Waals surface area contributed by atoms with Gasteiger partial charge in [-0.05, 0) is 42.0 Å². The summed E-state index contributed by atoms with van der Waals surface area (Å²) < 4.78 is 8.19. The monoisotopic (exact) mass is 428 g/mol. The molecule has 2 heterocycles. The Kier molecular flexibility index (Phi) is 4.57. The molecule has 0 bridgehead atoms. The lowest BCUT2D eigenvalue weighted by Crippen LogP contribution is -2.00. The minimum atomic E-state index is -0.435. The molecule has 0 radical (unpaired) electrons. The van der Waals surface area contributed by atoms with E-state index in [9.17, 15) is 9.90 Å². The van der Waals surface area contributed by atoms with E-state index in [1.54, 1.807) is 18.3 Å². The van der Waals surface area contributed by atoms with Crippen LogP contribution in [0.4, 0.5) is 0 Å². The molecule has 130 valence electrons. The number of phenols is 1. The van der Waals surface area contributed by atoms with Crippen molar-refractivity contribution in [3.05, 3.63) is 81.4 Å². The van der Waals surface area contributed by atoms with Crippen molar-refractivity contribution in [1.29, 1.82) is 0 Å². The van der Waals surface area contributed by atoms with E-state index in [0.717, 1.165) is 26.3 Å². The molecule has 26 heavy (non-hydrogen) atoms. The Bertz CT molecular complexity index is 1140. The van der Waals surface area contributed by atoms with Crippen LogP contribution in [0.5, 0.6) is 5.75 Å². The summed E-state index contributed by atoms with van der Waals surface area (Å²) in [7, 11) is 0. The Morgan fingerprint density at radius 1 is 1.15 bits per heavy atom. The van der Waals surface area contributed by atoms with Gasteiger partial charge in [0.2, 0.25) is 0 Å². The van der Waals surface area contributed by atoms with Crippen LogP contribution < -0.4 is 5.63 Å². The van der Waals surface area contributed by atoms with Gasteiger partial charge in [-0.1, -0.05) is 27.7 Å². The number of rotatable bonds is 4. The Hall–Kier alpha value is -2.51. The Balaban J connectivity index is 1.65. The van der Waals surface area contributed by atoms with Crippen molar-refractivity contribution in [3.63, 3.8) is 0 Å². The average molecular weight is 429 g/mol. The van der Waals surface area contributed by atoms with Crippen molar-refractivity contribution in [2.24, 2.45) is 0 Å². The molecule has 7 heteroatoms. The van der Waals surface area contributed by atoms with Gasteiger partial charge < -0.3 is 9.52 Å². The van der Waals surface area contributed by atoms with Gasteiger partial charge in [0, 0.05) is 45.8 Å². The molecule has 0 fully saturated rings. The third kappa shape index (κ3) is 3.40. The van der Waals surface area contributed by atoms with Crippen LogP contribution in [-0.2, 0) is 5.75 Å². The van der Waals surface area contributed by atoms with Crippen LogP contribution in [0.25, 0.3) is 16.7 Å². The summed E-state index contributed by atoms with van der Waals surface area (Å²) >= 11 is 4.97. The van der Waals surface area contributed by atoms with Gasteiger partial charge in [-0.2, -0.15) is 0 Å². The fraction of sp³-hybridized carbons (Fsp3) is 0.0526. The zero-order chi connectivity index (χ0) is 18.1. The Labute approximate surface area is 161 Å². The van der Waals surface area contributed by atoms with Gasteiger partial charge in [0.1, 0.15) is 11.3 Å².